The maximum atomic E-state index is 6.30. The number of rotatable bonds is 6. The van der Waals surface area contributed by atoms with Gasteiger partial charge in [-0.1, -0.05) is 127 Å². The Labute approximate surface area is 318 Å². The van der Waals surface area contributed by atoms with Gasteiger partial charge in [0.25, 0.3) is 0 Å². The molecule has 0 atom stereocenters. The Morgan fingerprint density at radius 3 is 1.71 bits per heavy atom. The van der Waals surface area contributed by atoms with Gasteiger partial charge >= 0.3 is 0 Å². The number of hydrogen-bond acceptors (Lipinski definition) is 2. The van der Waals surface area contributed by atoms with E-state index < -0.39 is 0 Å². The average Bonchev–Trinajstić information content (AvgIpc) is 3.80. The van der Waals surface area contributed by atoms with Crippen molar-refractivity contribution in [3.05, 3.63) is 206 Å². The Morgan fingerprint density at radius 2 is 0.909 bits per heavy atom. The molecule has 55 heavy (non-hydrogen) atoms. The van der Waals surface area contributed by atoms with Crippen molar-refractivity contribution in [2.75, 3.05) is 4.90 Å². The third kappa shape index (κ3) is 5.28. The van der Waals surface area contributed by atoms with Crippen molar-refractivity contribution < 1.29 is 4.42 Å². The predicted molar refractivity (Wildman–Crippen MR) is 231 cm³/mol. The minimum atomic E-state index is 0.893. The number of anilines is 3. The molecule has 0 aliphatic carbocycles. The third-order valence-corrected chi connectivity index (χ3v) is 11.0. The van der Waals surface area contributed by atoms with Crippen LogP contribution in [0.5, 0.6) is 0 Å². The Hall–Kier alpha value is -7.36. The topological polar surface area (TPSA) is 21.3 Å². The number of hydrogen-bond donors (Lipinski definition) is 0. The first-order valence-electron chi connectivity index (χ1n) is 18.7. The van der Waals surface area contributed by atoms with E-state index in [9.17, 15) is 0 Å². The van der Waals surface area contributed by atoms with Crippen LogP contribution >= 0.6 is 0 Å². The molecule has 9 aromatic carbocycles. The summed E-state index contributed by atoms with van der Waals surface area (Å²) in [6.45, 7) is 0. The van der Waals surface area contributed by atoms with Gasteiger partial charge in [0.05, 0.1) is 11.0 Å². The summed E-state index contributed by atoms with van der Waals surface area (Å²) in [6, 6.07) is 74.1. The highest BCUT2D eigenvalue weighted by Crippen LogP contribution is 2.41. The first-order valence-corrected chi connectivity index (χ1v) is 18.7. The van der Waals surface area contributed by atoms with Crippen molar-refractivity contribution in [1.82, 2.24) is 4.57 Å². The molecule has 0 saturated heterocycles. The van der Waals surface area contributed by atoms with Crippen LogP contribution in [0.4, 0.5) is 17.1 Å². The first-order chi connectivity index (χ1) is 27.2. The summed E-state index contributed by atoms with van der Waals surface area (Å²) in [7, 11) is 0. The molecular formula is C52H34N2O. The van der Waals surface area contributed by atoms with Gasteiger partial charge in [-0.2, -0.15) is 0 Å². The lowest BCUT2D eigenvalue weighted by atomic mass is 10.0. The Morgan fingerprint density at radius 1 is 0.327 bits per heavy atom. The molecule has 0 amide bonds. The van der Waals surface area contributed by atoms with Gasteiger partial charge in [0.1, 0.15) is 11.2 Å². The van der Waals surface area contributed by atoms with Crippen molar-refractivity contribution in [2.45, 2.75) is 0 Å². The second kappa shape index (κ2) is 12.6. The second-order valence-electron chi connectivity index (χ2n) is 14.2. The summed E-state index contributed by atoms with van der Waals surface area (Å²) < 4.78 is 8.68. The summed E-state index contributed by atoms with van der Waals surface area (Å²) in [6.07, 6.45) is 0. The SMILES string of the molecule is c1cc(-c2ccc3c(c2)oc2ccccc23)cc(N(c2ccc(-c3ccc4ccccc4c3)cc2)c2cccc(-n3c4ccccc4c4ccccc43)c2)c1. The highest BCUT2D eigenvalue weighted by Gasteiger charge is 2.18. The normalized spacial score (nSPS) is 11.6. The number of nitrogens with zero attached hydrogens (tertiary/aromatic N) is 2. The van der Waals surface area contributed by atoms with E-state index in [1.165, 1.54) is 43.7 Å². The molecule has 3 nitrogen and oxygen atoms in total. The standard InChI is InChI=1S/C52H34N2O/c1-2-12-37-31-39(24-23-35(37)11-1)36-25-28-41(29-26-36)53(42-14-9-13-38(32-42)40-27-30-48-47-19-5-8-22-51(47)55-52(48)33-40)43-15-10-16-44(34-43)54-49-20-6-3-17-45(49)46-18-4-7-21-50(46)54/h1-34H. The quantitative estimate of drug-likeness (QED) is 0.172. The van der Waals surface area contributed by atoms with E-state index in [0.29, 0.717) is 0 Å². The summed E-state index contributed by atoms with van der Waals surface area (Å²) in [5.41, 5.74) is 13.1. The lowest BCUT2D eigenvalue weighted by Gasteiger charge is -2.27. The summed E-state index contributed by atoms with van der Waals surface area (Å²) in [4.78, 5) is 2.37. The largest absolute Gasteiger partial charge is 0.456 e. The lowest BCUT2D eigenvalue weighted by molar-refractivity contribution is 0.669. The summed E-state index contributed by atoms with van der Waals surface area (Å²) in [5, 5.41) is 7.25. The van der Waals surface area contributed by atoms with E-state index in [0.717, 1.165) is 55.8 Å². The van der Waals surface area contributed by atoms with Crippen LogP contribution in [0.2, 0.25) is 0 Å². The molecule has 0 N–H and O–H groups in total. The fraction of sp³-hybridized carbons (Fsp3) is 0. The molecule has 11 aromatic rings. The van der Waals surface area contributed by atoms with Crippen LogP contribution in [0.1, 0.15) is 0 Å². The van der Waals surface area contributed by atoms with E-state index in [-0.39, 0.29) is 0 Å². The first kappa shape index (κ1) is 31.2. The Balaban J connectivity index is 1.06. The van der Waals surface area contributed by atoms with Crippen molar-refractivity contribution >= 4 is 71.6 Å². The molecule has 2 heterocycles. The van der Waals surface area contributed by atoms with E-state index >= 15 is 0 Å². The summed E-state index contributed by atoms with van der Waals surface area (Å²) >= 11 is 0. The van der Waals surface area contributed by atoms with Crippen LogP contribution in [0, 0.1) is 0 Å². The Kier molecular flexibility index (Phi) is 7.17. The average molecular weight is 703 g/mol. The third-order valence-electron chi connectivity index (χ3n) is 11.0. The molecule has 3 heteroatoms. The van der Waals surface area contributed by atoms with Gasteiger partial charge in [-0.15, -0.1) is 0 Å². The number of para-hydroxylation sites is 3. The van der Waals surface area contributed by atoms with Gasteiger partial charge in [-0.3, -0.25) is 0 Å². The van der Waals surface area contributed by atoms with Gasteiger partial charge in [0.15, 0.2) is 0 Å². The zero-order valence-electron chi connectivity index (χ0n) is 29.9. The van der Waals surface area contributed by atoms with Crippen molar-refractivity contribution in [1.29, 1.82) is 0 Å². The molecule has 0 fully saturated rings. The maximum absolute atomic E-state index is 6.30. The highest BCUT2D eigenvalue weighted by molar-refractivity contribution is 6.09. The van der Waals surface area contributed by atoms with E-state index in [4.69, 9.17) is 4.42 Å². The van der Waals surface area contributed by atoms with E-state index in [1.807, 2.05) is 12.1 Å². The smallest absolute Gasteiger partial charge is 0.136 e. The van der Waals surface area contributed by atoms with Crippen LogP contribution in [0.15, 0.2) is 211 Å². The molecule has 0 bridgehead atoms. The van der Waals surface area contributed by atoms with E-state index in [2.05, 4.69) is 204 Å². The molecular weight excluding hydrogens is 669 g/mol. The van der Waals surface area contributed by atoms with Crippen LogP contribution in [-0.2, 0) is 0 Å². The molecule has 0 saturated carbocycles. The van der Waals surface area contributed by atoms with Gasteiger partial charge in [-0.05, 0) is 112 Å². The highest BCUT2D eigenvalue weighted by atomic mass is 16.3. The van der Waals surface area contributed by atoms with Crippen LogP contribution in [0.25, 0.3) is 82.5 Å². The predicted octanol–water partition coefficient (Wildman–Crippen LogP) is 14.6. The van der Waals surface area contributed by atoms with Crippen molar-refractivity contribution in [2.24, 2.45) is 0 Å². The Bertz CT molecular complexity index is 3170. The molecule has 258 valence electrons. The van der Waals surface area contributed by atoms with Crippen LogP contribution < -0.4 is 4.90 Å². The molecule has 0 unspecified atom stereocenters. The fourth-order valence-corrected chi connectivity index (χ4v) is 8.32. The minimum Gasteiger partial charge on any atom is -0.456 e. The number of furan rings is 1. The zero-order valence-corrected chi connectivity index (χ0v) is 29.9. The van der Waals surface area contributed by atoms with E-state index in [1.54, 1.807) is 0 Å². The monoisotopic (exact) mass is 702 g/mol. The number of fused-ring (bicyclic) bond motifs is 7. The molecule has 0 aliphatic rings. The number of aromatic nitrogens is 1. The van der Waals surface area contributed by atoms with Gasteiger partial charge < -0.3 is 13.9 Å². The van der Waals surface area contributed by atoms with Gasteiger partial charge in [-0.25, -0.2) is 0 Å². The second-order valence-corrected chi connectivity index (χ2v) is 14.2. The molecule has 0 radical (unpaired) electrons. The number of benzene rings is 9. The van der Waals surface area contributed by atoms with Crippen LogP contribution in [0.3, 0.4) is 0 Å². The zero-order chi connectivity index (χ0) is 36.3. The molecule has 11 rings (SSSR count). The molecule has 0 aliphatic heterocycles. The lowest BCUT2D eigenvalue weighted by Crippen LogP contribution is -2.10. The molecule has 2 aromatic heterocycles. The van der Waals surface area contributed by atoms with Gasteiger partial charge in [0, 0.05) is 44.3 Å². The maximum Gasteiger partial charge on any atom is 0.136 e. The minimum absolute atomic E-state index is 0.893. The van der Waals surface area contributed by atoms with Crippen molar-refractivity contribution in [3.63, 3.8) is 0 Å². The van der Waals surface area contributed by atoms with Crippen LogP contribution in [-0.4, -0.2) is 4.57 Å². The van der Waals surface area contributed by atoms with Gasteiger partial charge in [0.2, 0.25) is 0 Å². The summed E-state index contributed by atoms with van der Waals surface area (Å²) in [5.74, 6) is 0. The van der Waals surface area contributed by atoms with Crippen molar-refractivity contribution in [3.8, 4) is 27.9 Å². The fourth-order valence-electron chi connectivity index (χ4n) is 8.32. The molecule has 0 spiro atoms.